The maximum atomic E-state index is 11.3. The van der Waals surface area contributed by atoms with Crippen LogP contribution in [-0.2, 0) is 11.2 Å². The van der Waals surface area contributed by atoms with E-state index >= 15 is 0 Å². The molecule has 5 nitrogen and oxygen atoms in total. The van der Waals surface area contributed by atoms with Gasteiger partial charge in [0.2, 0.25) is 11.8 Å². The highest BCUT2D eigenvalue weighted by molar-refractivity contribution is 5.77. The summed E-state index contributed by atoms with van der Waals surface area (Å²) in [6.45, 7) is 4.58. The summed E-state index contributed by atoms with van der Waals surface area (Å²) in [6.07, 6.45) is 3.48. The van der Waals surface area contributed by atoms with E-state index in [1.54, 1.807) is 6.92 Å². The maximum absolute atomic E-state index is 11.3. The Balaban J connectivity index is 2.18. The van der Waals surface area contributed by atoms with E-state index in [9.17, 15) is 4.79 Å². The highest BCUT2D eigenvalue weighted by atomic mass is 16.5. The molecular formula is C10H17N3O2. The van der Waals surface area contributed by atoms with Crippen LogP contribution in [0.15, 0.2) is 4.52 Å². The van der Waals surface area contributed by atoms with E-state index in [0.29, 0.717) is 11.7 Å². The zero-order valence-electron chi connectivity index (χ0n) is 9.25. The summed E-state index contributed by atoms with van der Waals surface area (Å²) in [7, 11) is 0. The van der Waals surface area contributed by atoms with E-state index in [2.05, 4.69) is 22.4 Å². The van der Waals surface area contributed by atoms with Crippen molar-refractivity contribution in [3.63, 3.8) is 0 Å². The lowest BCUT2D eigenvalue weighted by Gasteiger charge is -2.01. The van der Waals surface area contributed by atoms with Crippen LogP contribution in [0.2, 0.25) is 0 Å². The van der Waals surface area contributed by atoms with Gasteiger partial charge in [-0.1, -0.05) is 24.9 Å². The van der Waals surface area contributed by atoms with Gasteiger partial charge in [0.05, 0.1) is 0 Å². The van der Waals surface area contributed by atoms with Gasteiger partial charge in [-0.15, -0.1) is 0 Å². The minimum Gasteiger partial charge on any atom is -0.356 e. The molecule has 0 saturated carbocycles. The highest BCUT2D eigenvalue weighted by Gasteiger charge is 2.08. The molecule has 0 saturated heterocycles. The molecule has 15 heavy (non-hydrogen) atoms. The van der Waals surface area contributed by atoms with E-state index < -0.39 is 0 Å². The Labute approximate surface area is 89.2 Å². The number of unbranched alkanes of at least 4 members (excludes halogenated alkanes) is 2. The summed E-state index contributed by atoms with van der Waals surface area (Å²) in [4.78, 5) is 15.3. The third-order valence-electron chi connectivity index (χ3n) is 1.98. The molecule has 0 aliphatic carbocycles. The van der Waals surface area contributed by atoms with E-state index in [1.165, 1.54) is 0 Å². The first kappa shape index (κ1) is 11.7. The summed E-state index contributed by atoms with van der Waals surface area (Å²) in [5.74, 6) is 0.874. The molecule has 1 N–H and O–H groups in total. The second-order valence-corrected chi connectivity index (χ2v) is 3.47. The second kappa shape index (κ2) is 6.16. The SMILES string of the molecule is CCCCCNC(=O)Cc1nc(C)no1. The zero-order chi connectivity index (χ0) is 11.1. The molecule has 0 fully saturated rings. The Bertz CT molecular complexity index is 309. The van der Waals surface area contributed by atoms with Crippen molar-refractivity contribution in [2.75, 3.05) is 6.54 Å². The lowest BCUT2D eigenvalue weighted by atomic mass is 10.2. The van der Waals surface area contributed by atoms with Crippen LogP contribution in [0, 0.1) is 6.92 Å². The summed E-state index contributed by atoms with van der Waals surface area (Å²) < 4.78 is 4.84. The lowest BCUT2D eigenvalue weighted by molar-refractivity contribution is -0.120. The van der Waals surface area contributed by atoms with Crippen LogP contribution in [0.5, 0.6) is 0 Å². The van der Waals surface area contributed by atoms with Gasteiger partial charge in [-0.3, -0.25) is 4.79 Å². The molecule has 0 atom stereocenters. The van der Waals surface area contributed by atoms with Crippen LogP contribution < -0.4 is 5.32 Å². The number of carbonyl (C=O) groups is 1. The molecule has 84 valence electrons. The molecule has 0 spiro atoms. The number of aromatic nitrogens is 2. The van der Waals surface area contributed by atoms with Gasteiger partial charge in [0.15, 0.2) is 5.82 Å². The van der Waals surface area contributed by atoms with Crippen molar-refractivity contribution in [2.45, 2.75) is 39.5 Å². The number of nitrogens with one attached hydrogen (secondary N) is 1. The summed E-state index contributed by atoms with van der Waals surface area (Å²) in [5, 5.41) is 6.42. The molecule has 0 bridgehead atoms. The summed E-state index contributed by atoms with van der Waals surface area (Å²) >= 11 is 0. The van der Waals surface area contributed by atoms with E-state index in [0.717, 1.165) is 25.8 Å². The standard InChI is InChI=1S/C10H17N3O2/c1-3-4-5-6-11-9(14)7-10-12-8(2)13-15-10/h3-7H2,1-2H3,(H,11,14). The Morgan fingerprint density at radius 1 is 1.47 bits per heavy atom. The molecule has 1 amide bonds. The number of nitrogens with zero attached hydrogens (tertiary/aromatic N) is 2. The average molecular weight is 211 g/mol. The average Bonchev–Trinajstić information content (AvgIpc) is 2.59. The molecule has 0 aliphatic heterocycles. The van der Waals surface area contributed by atoms with Crippen molar-refractivity contribution in [2.24, 2.45) is 0 Å². The molecule has 1 heterocycles. The number of hydrogen-bond donors (Lipinski definition) is 1. The molecular weight excluding hydrogens is 194 g/mol. The topological polar surface area (TPSA) is 68.0 Å². The van der Waals surface area contributed by atoms with E-state index in [-0.39, 0.29) is 12.3 Å². The largest absolute Gasteiger partial charge is 0.356 e. The smallest absolute Gasteiger partial charge is 0.236 e. The van der Waals surface area contributed by atoms with Gasteiger partial charge < -0.3 is 9.84 Å². The van der Waals surface area contributed by atoms with Crippen molar-refractivity contribution < 1.29 is 9.32 Å². The van der Waals surface area contributed by atoms with Gasteiger partial charge in [-0.2, -0.15) is 4.98 Å². The van der Waals surface area contributed by atoms with Crippen LogP contribution in [0.1, 0.15) is 37.9 Å². The number of carbonyl (C=O) groups excluding carboxylic acids is 1. The molecule has 0 aliphatic rings. The fourth-order valence-electron chi connectivity index (χ4n) is 1.21. The van der Waals surface area contributed by atoms with Gasteiger partial charge >= 0.3 is 0 Å². The summed E-state index contributed by atoms with van der Waals surface area (Å²) in [5.41, 5.74) is 0. The lowest BCUT2D eigenvalue weighted by Crippen LogP contribution is -2.26. The number of amides is 1. The molecule has 1 aromatic rings. The van der Waals surface area contributed by atoms with Gasteiger partial charge in [-0.05, 0) is 13.3 Å². The fraction of sp³-hybridized carbons (Fsp3) is 0.700. The van der Waals surface area contributed by atoms with Crippen LogP contribution in [-0.4, -0.2) is 22.6 Å². The van der Waals surface area contributed by atoms with Crippen LogP contribution in [0.25, 0.3) is 0 Å². The van der Waals surface area contributed by atoms with Crippen molar-refractivity contribution in [1.82, 2.24) is 15.5 Å². The number of hydrogen-bond acceptors (Lipinski definition) is 4. The number of aryl methyl sites for hydroxylation is 1. The Morgan fingerprint density at radius 3 is 2.87 bits per heavy atom. The van der Waals surface area contributed by atoms with Crippen molar-refractivity contribution in [3.05, 3.63) is 11.7 Å². The minimum atomic E-state index is -0.0604. The van der Waals surface area contributed by atoms with Gasteiger partial charge in [0.25, 0.3) is 0 Å². The zero-order valence-corrected chi connectivity index (χ0v) is 9.25. The molecule has 0 aromatic carbocycles. The highest BCUT2D eigenvalue weighted by Crippen LogP contribution is 1.97. The first-order chi connectivity index (χ1) is 7.22. The second-order valence-electron chi connectivity index (χ2n) is 3.47. The predicted octanol–water partition coefficient (Wildman–Crippen LogP) is 1.23. The number of rotatable bonds is 6. The summed E-state index contributed by atoms with van der Waals surface area (Å²) in [6, 6.07) is 0. The van der Waals surface area contributed by atoms with Crippen molar-refractivity contribution in [3.8, 4) is 0 Å². The van der Waals surface area contributed by atoms with Crippen molar-refractivity contribution in [1.29, 1.82) is 0 Å². The Hall–Kier alpha value is -1.39. The molecule has 5 heteroatoms. The fourth-order valence-corrected chi connectivity index (χ4v) is 1.21. The third-order valence-corrected chi connectivity index (χ3v) is 1.98. The first-order valence-corrected chi connectivity index (χ1v) is 5.28. The molecule has 0 radical (unpaired) electrons. The van der Waals surface area contributed by atoms with Crippen LogP contribution in [0.4, 0.5) is 0 Å². The maximum Gasteiger partial charge on any atom is 0.236 e. The minimum absolute atomic E-state index is 0.0604. The van der Waals surface area contributed by atoms with Crippen molar-refractivity contribution >= 4 is 5.91 Å². The molecule has 1 rings (SSSR count). The van der Waals surface area contributed by atoms with Gasteiger partial charge in [-0.25, -0.2) is 0 Å². The van der Waals surface area contributed by atoms with Gasteiger partial charge in [0.1, 0.15) is 6.42 Å². The predicted molar refractivity (Wildman–Crippen MR) is 55.3 cm³/mol. The van der Waals surface area contributed by atoms with Gasteiger partial charge in [0, 0.05) is 6.54 Å². The van der Waals surface area contributed by atoms with Crippen LogP contribution >= 0.6 is 0 Å². The van der Waals surface area contributed by atoms with E-state index in [1.807, 2.05) is 0 Å². The first-order valence-electron chi connectivity index (χ1n) is 5.28. The Morgan fingerprint density at radius 2 is 2.27 bits per heavy atom. The Kier molecular flexibility index (Phi) is 4.80. The quantitative estimate of drug-likeness (QED) is 0.718. The van der Waals surface area contributed by atoms with E-state index in [4.69, 9.17) is 4.52 Å². The third kappa shape index (κ3) is 4.58. The monoisotopic (exact) mass is 211 g/mol. The molecule has 1 aromatic heterocycles. The van der Waals surface area contributed by atoms with Crippen LogP contribution in [0.3, 0.4) is 0 Å². The normalized spacial score (nSPS) is 10.3. The molecule has 0 unspecified atom stereocenters.